The Labute approximate surface area is 166 Å². The number of rotatable bonds is 3. The number of carbonyl (C=O) groups is 1. The molecule has 6 nitrogen and oxygen atoms in total. The third-order valence-corrected chi connectivity index (χ3v) is 5.46. The average molecular weight is 380 g/mol. The predicted octanol–water partition coefficient (Wildman–Crippen LogP) is 3.19. The van der Waals surface area contributed by atoms with Crippen molar-refractivity contribution >= 4 is 23.1 Å². The lowest BCUT2D eigenvalue weighted by Gasteiger charge is -2.36. The van der Waals surface area contributed by atoms with Gasteiger partial charge in [-0.05, 0) is 31.2 Å². The van der Waals surface area contributed by atoms with Crippen LogP contribution >= 0.6 is 0 Å². The fourth-order valence-corrected chi connectivity index (χ4v) is 3.78. The summed E-state index contributed by atoms with van der Waals surface area (Å²) in [6, 6.07) is 16.6. The zero-order valence-corrected chi connectivity index (χ0v) is 16.4. The molecule has 28 heavy (non-hydrogen) atoms. The van der Waals surface area contributed by atoms with Crippen molar-refractivity contribution < 1.29 is 9.53 Å². The van der Waals surface area contributed by atoms with Gasteiger partial charge in [-0.3, -0.25) is 0 Å². The van der Waals surface area contributed by atoms with Crippen LogP contribution in [0.4, 0.5) is 21.9 Å². The summed E-state index contributed by atoms with van der Waals surface area (Å²) >= 11 is 0. The first-order valence-electron chi connectivity index (χ1n) is 10.00. The molecule has 0 aromatic heterocycles. The summed E-state index contributed by atoms with van der Waals surface area (Å²) in [6.45, 7) is 8.39. The fourth-order valence-electron chi connectivity index (χ4n) is 3.78. The Hall–Kier alpha value is -2.73. The number of para-hydroxylation sites is 2. The number of nitrogens with zero attached hydrogens (tertiary/aromatic N) is 3. The SMILES string of the molecule is Cc1ccc(N2CCN(C(=O)Nc3ccccc3N3CCOCC3)CC2)cc1. The number of morpholine rings is 1. The predicted molar refractivity (Wildman–Crippen MR) is 113 cm³/mol. The second kappa shape index (κ2) is 8.52. The van der Waals surface area contributed by atoms with Crippen molar-refractivity contribution in [1.82, 2.24) is 4.90 Å². The molecule has 2 heterocycles. The van der Waals surface area contributed by atoms with Crippen molar-refractivity contribution in [3.8, 4) is 0 Å². The number of urea groups is 1. The third kappa shape index (κ3) is 4.22. The van der Waals surface area contributed by atoms with Gasteiger partial charge >= 0.3 is 6.03 Å². The molecular weight excluding hydrogens is 352 g/mol. The Bertz CT molecular complexity index is 794. The van der Waals surface area contributed by atoms with Gasteiger partial charge in [-0.2, -0.15) is 0 Å². The molecule has 0 unspecified atom stereocenters. The number of amides is 2. The zero-order valence-electron chi connectivity index (χ0n) is 16.4. The first kappa shape index (κ1) is 18.6. The van der Waals surface area contributed by atoms with Crippen LogP contribution in [0.2, 0.25) is 0 Å². The van der Waals surface area contributed by atoms with Gasteiger partial charge < -0.3 is 24.8 Å². The van der Waals surface area contributed by atoms with Gasteiger partial charge in [0.15, 0.2) is 0 Å². The molecule has 6 heteroatoms. The molecule has 0 atom stereocenters. The highest BCUT2D eigenvalue weighted by molar-refractivity contribution is 5.93. The van der Waals surface area contributed by atoms with Gasteiger partial charge in [0.2, 0.25) is 0 Å². The minimum atomic E-state index is -0.0238. The van der Waals surface area contributed by atoms with Crippen molar-refractivity contribution in [3.05, 3.63) is 54.1 Å². The van der Waals surface area contributed by atoms with E-state index < -0.39 is 0 Å². The average Bonchev–Trinajstić information content (AvgIpc) is 2.75. The largest absolute Gasteiger partial charge is 0.378 e. The van der Waals surface area contributed by atoms with Crippen molar-refractivity contribution in [3.63, 3.8) is 0 Å². The van der Waals surface area contributed by atoms with Gasteiger partial charge in [0.05, 0.1) is 24.6 Å². The molecule has 0 bridgehead atoms. The maximum Gasteiger partial charge on any atom is 0.322 e. The normalized spacial score (nSPS) is 17.5. The molecule has 2 aromatic carbocycles. The summed E-state index contributed by atoms with van der Waals surface area (Å²) in [4.78, 5) is 19.4. The summed E-state index contributed by atoms with van der Waals surface area (Å²) in [7, 11) is 0. The van der Waals surface area contributed by atoms with Gasteiger partial charge in [0.1, 0.15) is 0 Å². The highest BCUT2D eigenvalue weighted by atomic mass is 16.5. The van der Waals surface area contributed by atoms with E-state index >= 15 is 0 Å². The standard InChI is InChI=1S/C22H28N4O2/c1-18-6-8-19(9-7-18)24-10-12-26(13-11-24)22(27)23-20-4-2-3-5-21(20)25-14-16-28-17-15-25/h2-9H,10-17H2,1H3,(H,23,27). The Morgan fingerprint density at radius 3 is 2.25 bits per heavy atom. The van der Waals surface area contributed by atoms with E-state index in [0.29, 0.717) is 0 Å². The molecule has 2 saturated heterocycles. The van der Waals surface area contributed by atoms with Crippen LogP contribution in [0.15, 0.2) is 48.5 Å². The molecule has 2 aliphatic rings. The Balaban J connectivity index is 1.37. The van der Waals surface area contributed by atoms with E-state index in [1.807, 2.05) is 23.1 Å². The molecule has 2 fully saturated rings. The number of hydrogen-bond donors (Lipinski definition) is 1. The van der Waals surface area contributed by atoms with E-state index in [1.165, 1.54) is 11.3 Å². The molecule has 1 N–H and O–H groups in total. The Morgan fingerprint density at radius 1 is 0.857 bits per heavy atom. The lowest BCUT2D eigenvalue weighted by molar-refractivity contribution is 0.123. The van der Waals surface area contributed by atoms with Crippen LogP contribution in [0.5, 0.6) is 0 Å². The number of benzene rings is 2. The first-order valence-corrected chi connectivity index (χ1v) is 10.00. The number of nitrogens with one attached hydrogen (secondary N) is 1. The number of anilines is 3. The van der Waals surface area contributed by atoms with Crippen molar-refractivity contribution in [2.45, 2.75) is 6.92 Å². The second-order valence-electron chi connectivity index (χ2n) is 7.36. The molecular formula is C22H28N4O2. The van der Waals surface area contributed by atoms with Crippen LogP contribution in [0.1, 0.15) is 5.56 Å². The molecule has 0 saturated carbocycles. The van der Waals surface area contributed by atoms with Crippen molar-refractivity contribution in [2.24, 2.45) is 0 Å². The monoisotopic (exact) mass is 380 g/mol. The lowest BCUT2D eigenvalue weighted by Crippen LogP contribution is -2.50. The third-order valence-electron chi connectivity index (χ3n) is 5.46. The van der Waals surface area contributed by atoms with Crippen molar-refractivity contribution in [1.29, 1.82) is 0 Å². The van der Waals surface area contributed by atoms with E-state index in [1.54, 1.807) is 0 Å². The highest BCUT2D eigenvalue weighted by Gasteiger charge is 2.23. The van der Waals surface area contributed by atoms with E-state index in [4.69, 9.17) is 4.74 Å². The minimum absolute atomic E-state index is 0.0238. The second-order valence-corrected chi connectivity index (χ2v) is 7.36. The smallest absolute Gasteiger partial charge is 0.322 e. The van der Waals surface area contributed by atoms with Crippen molar-refractivity contribution in [2.75, 3.05) is 67.6 Å². The van der Waals surface area contributed by atoms with E-state index in [-0.39, 0.29) is 6.03 Å². The van der Waals surface area contributed by atoms with Crippen LogP contribution in [-0.4, -0.2) is 63.4 Å². The zero-order chi connectivity index (χ0) is 19.3. The first-order chi connectivity index (χ1) is 13.7. The van der Waals surface area contributed by atoms with Crippen LogP contribution in [0, 0.1) is 6.92 Å². The number of hydrogen-bond acceptors (Lipinski definition) is 4. The molecule has 148 valence electrons. The summed E-state index contributed by atoms with van der Waals surface area (Å²) in [5.74, 6) is 0. The summed E-state index contributed by atoms with van der Waals surface area (Å²) in [5.41, 5.74) is 4.43. The van der Waals surface area contributed by atoms with Gasteiger partial charge in [-0.25, -0.2) is 4.79 Å². The molecule has 2 amide bonds. The highest BCUT2D eigenvalue weighted by Crippen LogP contribution is 2.27. The van der Waals surface area contributed by atoms with Crippen LogP contribution in [-0.2, 0) is 4.74 Å². The van der Waals surface area contributed by atoms with Crippen LogP contribution in [0.25, 0.3) is 0 Å². The van der Waals surface area contributed by atoms with Gasteiger partial charge in [-0.1, -0.05) is 29.8 Å². The molecule has 2 aliphatic heterocycles. The summed E-state index contributed by atoms with van der Waals surface area (Å²) in [6.07, 6.45) is 0. The summed E-state index contributed by atoms with van der Waals surface area (Å²) in [5, 5.41) is 3.13. The van der Waals surface area contributed by atoms with E-state index in [9.17, 15) is 4.79 Å². The van der Waals surface area contributed by atoms with Crippen LogP contribution in [0.3, 0.4) is 0 Å². The molecule has 4 rings (SSSR count). The maximum atomic E-state index is 12.8. The van der Waals surface area contributed by atoms with Gasteiger partial charge in [0.25, 0.3) is 0 Å². The number of aryl methyl sites for hydroxylation is 1. The fraction of sp³-hybridized carbons (Fsp3) is 0.409. The van der Waals surface area contributed by atoms with Gasteiger partial charge in [-0.15, -0.1) is 0 Å². The number of piperazine rings is 1. The Kier molecular flexibility index (Phi) is 5.67. The van der Waals surface area contributed by atoms with E-state index in [0.717, 1.165) is 63.9 Å². The van der Waals surface area contributed by atoms with E-state index in [2.05, 4.69) is 52.4 Å². The molecule has 0 aliphatic carbocycles. The molecule has 0 spiro atoms. The topological polar surface area (TPSA) is 48.0 Å². The number of carbonyl (C=O) groups excluding carboxylic acids is 1. The maximum absolute atomic E-state index is 12.8. The number of ether oxygens (including phenoxy) is 1. The van der Waals surface area contributed by atoms with Crippen LogP contribution < -0.4 is 15.1 Å². The minimum Gasteiger partial charge on any atom is -0.378 e. The molecule has 0 radical (unpaired) electrons. The van der Waals surface area contributed by atoms with Gasteiger partial charge in [0, 0.05) is 45.0 Å². The quantitative estimate of drug-likeness (QED) is 0.889. The lowest BCUT2D eigenvalue weighted by atomic mass is 10.2. The summed E-state index contributed by atoms with van der Waals surface area (Å²) < 4.78 is 5.45. The molecule has 2 aromatic rings. The Morgan fingerprint density at radius 2 is 1.54 bits per heavy atom.